The van der Waals surface area contributed by atoms with Crippen LogP contribution in [0.1, 0.15) is 16.9 Å². The van der Waals surface area contributed by atoms with E-state index in [2.05, 4.69) is 15.3 Å². The summed E-state index contributed by atoms with van der Waals surface area (Å²) < 4.78 is 32.0. The number of nitrogens with zero attached hydrogens (tertiary/aromatic N) is 2. The molecular weight excluding hydrogens is 348 g/mol. The third-order valence-corrected chi connectivity index (χ3v) is 5.21. The molecular formula is C17H13F2N3O2S. The van der Waals surface area contributed by atoms with E-state index in [1.54, 1.807) is 11.3 Å². The molecule has 5 nitrogen and oxygen atoms in total. The normalized spacial score (nSPS) is 13.0. The summed E-state index contributed by atoms with van der Waals surface area (Å²) in [5.41, 5.74) is 1.10. The largest absolute Gasteiger partial charge is 0.467 e. The Morgan fingerprint density at radius 3 is 3.00 bits per heavy atom. The van der Waals surface area contributed by atoms with Crippen LogP contribution in [-0.2, 0) is 17.6 Å². The van der Waals surface area contributed by atoms with E-state index in [0.717, 1.165) is 41.6 Å². The molecule has 1 aromatic carbocycles. The Morgan fingerprint density at radius 2 is 2.16 bits per heavy atom. The quantitative estimate of drug-likeness (QED) is 0.773. The number of halogens is 2. The van der Waals surface area contributed by atoms with E-state index >= 15 is 0 Å². The van der Waals surface area contributed by atoms with Crippen molar-refractivity contribution in [3.05, 3.63) is 46.6 Å². The van der Waals surface area contributed by atoms with Gasteiger partial charge in [0.25, 0.3) is 5.91 Å². The van der Waals surface area contributed by atoms with Crippen molar-refractivity contribution < 1.29 is 18.3 Å². The fraction of sp³-hybridized carbons (Fsp3) is 0.235. The van der Waals surface area contributed by atoms with Crippen molar-refractivity contribution in [1.82, 2.24) is 9.97 Å². The Kier molecular flexibility index (Phi) is 4.04. The van der Waals surface area contributed by atoms with Crippen LogP contribution in [0.4, 0.5) is 14.5 Å². The number of hydrogen-bond donors (Lipinski definition) is 1. The van der Waals surface area contributed by atoms with Crippen molar-refractivity contribution >= 4 is 33.1 Å². The van der Waals surface area contributed by atoms with Gasteiger partial charge in [-0.3, -0.25) is 4.79 Å². The number of thiophene rings is 1. The highest BCUT2D eigenvalue weighted by atomic mass is 32.1. The van der Waals surface area contributed by atoms with Crippen LogP contribution < -0.4 is 10.1 Å². The molecule has 0 aliphatic heterocycles. The van der Waals surface area contributed by atoms with Gasteiger partial charge >= 0.3 is 0 Å². The Bertz CT molecular complexity index is 974. The maximum absolute atomic E-state index is 13.6. The minimum absolute atomic E-state index is 0.0979. The Morgan fingerprint density at radius 1 is 1.28 bits per heavy atom. The lowest BCUT2D eigenvalue weighted by Gasteiger charge is -2.09. The molecule has 1 aliphatic carbocycles. The molecule has 0 saturated carbocycles. The van der Waals surface area contributed by atoms with Crippen molar-refractivity contribution in [2.75, 3.05) is 11.9 Å². The zero-order valence-electron chi connectivity index (χ0n) is 13.0. The number of aromatic nitrogens is 2. The number of amides is 1. The maximum atomic E-state index is 13.6. The molecule has 0 bridgehead atoms. The van der Waals surface area contributed by atoms with Gasteiger partial charge in [-0.25, -0.2) is 18.7 Å². The number of benzene rings is 1. The molecule has 2 heterocycles. The van der Waals surface area contributed by atoms with Crippen LogP contribution in [-0.4, -0.2) is 22.5 Å². The van der Waals surface area contributed by atoms with E-state index in [4.69, 9.17) is 4.74 Å². The molecule has 128 valence electrons. The Balaban J connectivity index is 1.50. The predicted octanol–water partition coefficient (Wildman–Crippen LogP) is 3.48. The minimum Gasteiger partial charge on any atom is -0.467 e. The van der Waals surface area contributed by atoms with E-state index in [1.165, 1.54) is 16.8 Å². The van der Waals surface area contributed by atoms with Crippen LogP contribution in [0, 0.1) is 11.6 Å². The van der Waals surface area contributed by atoms with Gasteiger partial charge in [-0.2, -0.15) is 0 Å². The molecule has 0 fully saturated rings. The molecule has 0 spiro atoms. The SMILES string of the molecule is O=C(COc1ncnc2sc3c(c12)CCC3)Nc1ccc(F)cc1F. The number of rotatable bonds is 4. The highest BCUT2D eigenvalue weighted by Crippen LogP contribution is 2.39. The first-order chi connectivity index (χ1) is 12.1. The van der Waals surface area contributed by atoms with Crippen molar-refractivity contribution in [1.29, 1.82) is 0 Å². The number of nitrogens with one attached hydrogen (secondary N) is 1. The topological polar surface area (TPSA) is 64.1 Å². The lowest BCUT2D eigenvalue weighted by Crippen LogP contribution is -2.21. The molecule has 1 amide bonds. The molecule has 8 heteroatoms. The summed E-state index contributed by atoms with van der Waals surface area (Å²) in [6.07, 6.45) is 4.48. The summed E-state index contributed by atoms with van der Waals surface area (Å²) in [7, 11) is 0. The summed E-state index contributed by atoms with van der Waals surface area (Å²) in [6, 6.07) is 2.94. The highest BCUT2D eigenvalue weighted by molar-refractivity contribution is 7.18. The molecule has 25 heavy (non-hydrogen) atoms. The van der Waals surface area contributed by atoms with Crippen LogP contribution in [0.5, 0.6) is 5.88 Å². The van der Waals surface area contributed by atoms with Crippen LogP contribution in [0.15, 0.2) is 24.5 Å². The van der Waals surface area contributed by atoms with E-state index in [-0.39, 0.29) is 12.3 Å². The standard InChI is InChI=1S/C17H13F2N3O2S/c18-9-4-5-12(11(19)6-9)22-14(23)7-24-16-15-10-2-1-3-13(10)25-17(15)21-8-20-16/h4-6,8H,1-3,7H2,(H,22,23). The van der Waals surface area contributed by atoms with Crippen molar-refractivity contribution in [2.45, 2.75) is 19.3 Å². The Labute approximate surface area is 145 Å². The average molecular weight is 361 g/mol. The predicted molar refractivity (Wildman–Crippen MR) is 89.9 cm³/mol. The van der Waals surface area contributed by atoms with Crippen molar-refractivity contribution in [3.63, 3.8) is 0 Å². The van der Waals surface area contributed by atoms with Gasteiger partial charge in [0, 0.05) is 10.9 Å². The minimum atomic E-state index is -0.839. The second-order valence-electron chi connectivity index (χ2n) is 5.68. The number of ether oxygens (including phenoxy) is 1. The van der Waals surface area contributed by atoms with E-state index in [1.807, 2.05) is 0 Å². The van der Waals surface area contributed by atoms with E-state index in [9.17, 15) is 13.6 Å². The van der Waals surface area contributed by atoms with Crippen LogP contribution in [0.3, 0.4) is 0 Å². The first kappa shape index (κ1) is 15.9. The monoisotopic (exact) mass is 361 g/mol. The van der Waals surface area contributed by atoms with Gasteiger partial charge in [-0.15, -0.1) is 11.3 Å². The molecule has 0 saturated heterocycles. The lowest BCUT2D eigenvalue weighted by molar-refractivity contribution is -0.118. The number of hydrogen-bond acceptors (Lipinski definition) is 5. The van der Waals surface area contributed by atoms with Gasteiger partial charge in [0.15, 0.2) is 6.61 Å². The van der Waals surface area contributed by atoms with Gasteiger partial charge < -0.3 is 10.1 Å². The number of carbonyl (C=O) groups is 1. The third kappa shape index (κ3) is 3.05. The zero-order chi connectivity index (χ0) is 17.4. The molecule has 2 aromatic heterocycles. The van der Waals surface area contributed by atoms with Gasteiger partial charge in [0.2, 0.25) is 5.88 Å². The van der Waals surface area contributed by atoms with Gasteiger partial charge in [0.05, 0.1) is 11.1 Å². The fourth-order valence-electron chi connectivity index (χ4n) is 2.92. The fourth-order valence-corrected chi connectivity index (χ4v) is 4.14. The highest BCUT2D eigenvalue weighted by Gasteiger charge is 2.22. The molecule has 1 N–H and O–H groups in total. The molecule has 3 aromatic rings. The second-order valence-corrected chi connectivity index (χ2v) is 6.76. The third-order valence-electron chi connectivity index (χ3n) is 4.01. The van der Waals surface area contributed by atoms with Crippen molar-refractivity contribution in [3.8, 4) is 5.88 Å². The summed E-state index contributed by atoms with van der Waals surface area (Å²) in [5, 5.41) is 3.22. The average Bonchev–Trinajstić information content (AvgIpc) is 3.16. The van der Waals surface area contributed by atoms with Crippen LogP contribution >= 0.6 is 11.3 Å². The number of fused-ring (bicyclic) bond motifs is 3. The zero-order valence-corrected chi connectivity index (χ0v) is 13.8. The summed E-state index contributed by atoms with van der Waals surface area (Å²) in [4.78, 5) is 22.5. The molecule has 0 unspecified atom stereocenters. The second kappa shape index (κ2) is 6.36. The van der Waals surface area contributed by atoms with E-state index in [0.29, 0.717) is 11.9 Å². The smallest absolute Gasteiger partial charge is 0.262 e. The number of anilines is 1. The molecule has 0 radical (unpaired) electrons. The lowest BCUT2D eigenvalue weighted by atomic mass is 10.2. The first-order valence-electron chi connectivity index (χ1n) is 7.75. The van der Waals surface area contributed by atoms with Gasteiger partial charge in [0.1, 0.15) is 22.8 Å². The first-order valence-corrected chi connectivity index (χ1v) is 8.56. The van der Waals surface area contributed by atoms with Crippen molar-refractivity contribution in [2.24, 2.45) is 0 Å². The number of carbonyl (C=O) groups excluding carboxylic acids is 1. The number of aryl methyl sites for hydroxylation is 2. The Hall–Kier alpha value is -2.61. The van der Waals surface area contributed by atoms with Gasteiger partial charge in [-0.05, 0) is 37.0 Å². The molecule has 0 atom stereocenters. The molecule has 4 rings (SSSR count). The summed E-state index contributed by atoms with van der Waals surface area (Å²) >= 11 is 1.62. The molecule has 1 aliphatic rings. The maximum Gasteiger partial charge on any atom is 0.262 e. The van der Waals surface area contributed by atoms with Crippen LogP contribution in [0.2, 0.25) is 0 Å². The summed E-state index contributed by atoms with van der Waals surface area (Å²) in [5.74, 6) is -1.74. The summed E-state index contributed by atoms with van der Waals surface area (Å²) in [6.45, 7) is -0.326. The van der Waals surface area contributed by atoms with Gasteiger partial charge in [-0.1, -0.05) is 0 Å². The van der Waals surface area contributed by atoms with Crippen LogP contribution in [0.25, 0.3) is 10.2 Å². The van der Waals surface area contributed by atoms with E-state index < -0.39 is 17.5 Å².